The topological polar surface area (TPSA) is 78.5 Å². The van der Waals surface area contributed by atoms with E-state index in [1.54, 1.807) is 0 Å². The Bertz CT molecular complexity index is 930. The summed E-state index contributed by atoms with van der Waals surface area (Å²) in [7, 11) is -3.27. The number of carbonyl (C=O) groups is 1. The summed E-state index contributed by atoms with van der Waals surface area (Å²) >= 11 is 0. The lowest BCUT2D eigenvalue weighted by molar-refractivity contribution is -0.120. The van der Waals surface area contributed by atoms with Crippen LogP contribution in [0.5, 0.6) is 0 Å². The molecule has 3 rings (SSSR count). The second-order valence-corrected chi connectivity index (χ2v) is 9.94. The van der Waals surface area contributed by atoms with Crippen LogP contribution in [0.4, 0.5) is 11.4 Å². The molecule has 0 spiro atoms. The Balaban J connectivity index is 1.56. The van der Waals surface area contributed by atoms with Gasteiger partial charge in [0.15, 0.2) is 0 Å². The summed E-state index contributed by atoms with van der Waals surface area (Å²) < 4.78 is 26.1. The van der Waals surface area contributed by atoms with Crippen LogP contribution in [0, 0.1) is 5.92 Å². The molecule has 0 aliphatic carbocycles. The summed E-state index contributed by atoms with van der Waals surface area (Å²) in [5.41, 5.74) is 2.89. The Morgan fingerprint density at radius 3 is 2.43 bits per heavy atom. The minimum atomic E-state index is -3.27. The molecule has 1 fully saturated rings. The smallest absolute Gasteiger partial charge is 0.228 e. The lowest BCUT2D eigenvalue weighted by atomic mass is 9.98. The van der Waals surface area contributed by atoms with Crippen LogP contribution in [0.2, 0.25) is 0 Å². The maximum Gasteiger partial charge on any atom is 0.228 e. The number of hydrogen-bond donors (Lipinski definition) is 2. The first-order valence-electron chi connectivity index (χ1n) is 10.6. The number of anilines is 2. The number of hydrogen-bond acceptors (Lipinski definition) is 4. The highest BCUT2D eigenvalue weighted by Crippen LogP contribution is 2.23. The predicted molar refractivity (Wildman–Crippen MR) is 122 cm³/mol. The van der Waals surface area contributed by atoms with Crippen molar-refractivity contribution in [3.8, 4) is 0 Å². The van der Waals surface area contributed by atoms with Gasteiger partial charge >= 0.3 is 0 Å². The van der Waals surface area contributed by atoms with E-state index in [-0.39, 0.29) is 30.2 Å². The highest BCUT2D eigenvalue weighted by Gasteiger charge is 2.31. The monoisotopic (exact) mass is 429 g/mol. The van der Waals surface area contributed by atoms with Gasteiger partial charge in [0.1, 0.15) is 0 Å². The van der Waals surface area contributed by atoms with Crippen molar-refractivity contribution in [2.45, 2.75) is 39.2 Å². The van der Waals surface area contributed by atoms with Crippen LogP contribution in [-0.2, 0) is 14.8 Å². The SMILES string of the molecule is CCCS(=O)(=O)N1CCCC(C(=O)Nc2ccc(NC(C)c3ccccc3)cc2)C1. The molecule has 2 atom stereocenters. The summed E-state index contributed by atoms with van der Waals surface area (Å²) in [6.07, 6.45) is 2.00. The Labute approximate surface area is 179 Å². The number of benzene rings is 2. The largest absolute Gasteiger partial charge is 0.379 e. The molecule has 7 heteroatoms. The number of piperidine rings is 1. The van der Waals surface area contributed by atoms with E-state index in [9.17, 15) is 13.2 Å². The van der Waals surface area contributed by atoms with Crippen LogP contribution in [0.1, 0.15) is 44.7 Å². The van der Waals surface area contributed by atoms with E-state index < -0.39 is 10.0 Å². The first kappa shape index (κ1) is 22.3. The van der Waals surface area contributed by atoms with Crippen molar-refractivity contribution in [3.05, 3.63) is 60.2 Å². The van der Waals surface area contributed by atoms with Crippen molar-refractivity contribution in [2.24, 2.45) is 5.92 Å². The average Bonchev–Trinajstić information content (AvgIpc) is 2.76. The fourth-order valence-electron chi connectivity index (χ4n) is 3.77. The second-order valence-electron chi connectivity index (χ2n) is 7.86. The number of rotatable bonds is 8. The van der Waals surface area contributed by atoms with E-state index >= 15 is 0 Å². The van der Waals surface area contributed by atoms with Gasteiger partial charge in [0.05, 0.1) is 11.7 Å². The maximum atomic E-state index is 12.7. The molecule has 162 valence electrons. The molecular weight excluding hydrogens is 398 g/mol. The summed E-state index contributed by atoms with van der Waals surface area (Å²) in [4.78, 5) is 12.7. The number of sulfonamides is 1. The van der Waals surface area contributed by atoms with Gasteiger partial charge in [-0.25, -0.2) is 12.7 Å². The molecule has 0 radical (unpaired) electrons. The van der Waals surface area contributed by atoms with Crippen molar-refractivity contribution < 1.29 is 13.2 Å². The van der Waals surface area contributed by atoms with Crippen molar-refractivity contribution in [1.82, 2.24) is 4.31 Å². The normalized spacial score (nSPS) is 18.5. The average molecular weight is 430 g/mol. The molecule has 0 saturated carbocycles. The zero-order valence-electron chi connectivity index (χ0n) is 17.7. The number of carbonyl (C=O) groups excluding carboxylic acids is 1. The van der Waals surface area contributed by atoms with Gasteiger partial charge in [-0.2, -0.15) is 0 Å². The molecule has 1 aliphatic rings. The third-order valence-corrected chi connectivity index (χ3v) is 7.49. The van der Waals surface area contributed by atoms with Crippen LogP contribution < -0.4 is 10.6 Å². The van der Waals surface area contributed by atoms with Gasteiger partial charge in [0.2, 0.25) is 15.9 Å². The lowest BCUT2D eigenvalue weighted by Crippen LogP contribution is -2.44. The van der Waals surface area contributed by atoms with E-state index in [1.807, 2.05) is 49.4 Å². The first-order chi connectivity index (χ1) is 14.4. The number of amides is 1. The van der Waals surface area contributed by atoms with Crippen molar-refractivity contribution >= 4 is 27.3 Å². The van der Waals surface area contributed by atoms with Crippen LogP contribution in [0.3, 0.4) is 0 Å². The molecule has 1 saturated heterocycles. The molecule has 0 bridgehead atoms. The number of nitrogens with zero attached hydrogens (tertiary/aromatic N) is 1. The van der Waals surface area contributed by atoms with Gasteiger partial charge in [-0.3, -0.25) is 4.79 Å². The molecule has 6 nitrogen and oxygen atoms in total. The molecule has 1 heterocycles. The minimum absolute atomic E-state index is 0.121. The molecule has 2 aromatic rings. The molecule has 1 aliphatic heterocycles. The zero-order valence-corrected chi connectivity index (χ0v) is 18.5. The molecule has 2 unspecified atom stereocenters. The van der Waals surface area contributed by atoms with Gasteiger partial charge in [-0.1, -0.05) is 37.3 Å². The standard InChI is InChI=1S/C23H31N3O3S/c1-3-16-30(28,29)26-15-7-10-20(17-26)23(27)25-22-13-11-21(12-14-22)24-18(2)19-8-5-4-6-9-19/h4-6,8-9,11-14,18,20,24H,3,7,10,15-17H2,1-2H3,(H,25,27). The molecule has 2 N–H and O–H groups in total. The van der Waals surface area contributed by atoms with Gasteiger partial charge in [-0.05, 0) is 56.0 Å². The zero-order chi connectivity index (χ0) is 21.6. The maximum absolute atomic E-state index is 12.7. The van der Waals surface area contributed by atoms with Gasteiger partial charge in [0.25, 0.3) is 0 Å². The fraction of sp³-hybridized carbons (Fsp3) is 0.435. The quantitative estimate of drug-likeness (QED) is 0.658. The van der Waals surface area contributed by atoms with Crippen molar-refractivity contribution in [2.75, 3.05) is 29.5 Å². The first-order valence-corrected chi connectivity index (χ1v) is 12.2. The Hall–Kier alpha value is -2.38. The van der Waals surface area contributed by atoms with Crippen molar-refractivity contribution in [3.63, 3.8) is 0 Å². The van der Waals surface area contributed by atoms with Crippen molar-refractivity contribution in [1.29, 1.82) is 0 Å². The summed E-state index contributed by atoms with van der Waals surface area (Å²) in [6.45, 7) is 4.73. The minimum Gasteiger partial charge on any atom is -0.379 e. The van der Waals surface area contributed by atoms with E-state index in [4.69, 9.17) is 0 Å². The highest BCUT2D eigenvalue weighted by molar-refractivity contribution is 7.89. The van der Waals surface area contributed by atoms with Crippen LogP contribution in [0.25, 0.3) is 0 Å². The Morgan fingerprint density at radius 1 is 1.10 bits per heavy atom. The van der Waals surface area contributed by atoms with E-state index in [1.165, 1.54) is 9.87 Å². The second kappa shape index (κ2) is 10.1. The lowest BCUT2D eigenvalue weighted by Gasteiger charge is -2.31. The van der Waals surface area contributed by atoms with E-state index in [2.05, 4.69) is 29.7 Å². The molecule has 2 aromatic carbocycles. The number of nitrogens with one attached hydrogen (secondary N) is 2. The summed E-state index contributed by atoms with van der Waals surface area (Å²) in [6, 6.07) is 18.0. The Kier molecular flexibility index (Phi) is 7.50. The van der Waals surface area contributed by atoms with Crippen LogP contribution in [0.15, 0.2) is 54.6 Å². The molecular formula is C23H31N3O3S. The van der Waals surface area contributed by atoms with Gasteiger partial charge in [0, 0.05) is 30.5 Å². The van der Waals surface area contributed by atoms with Gasteiger partial charge < -0.3 is 10.6 Å². The van der Waals surface area contributed by atoms with E-state index in [0.29, 0.717) is 31.5 Å². The third kappa shape index (κ3) is 5.83. The van der Waals surface area contributed by atoms with Crippen LogP contribution >= 0.6 is 0 Å². The molecule has 0 aromatic heterocycles. The molecule has 1 amide bonds. The van der Waals surface area contributed by atoms with Gasteiger partial charge in [-0.15, -0.1) is 0 Å². The highest BCUT2D eigenvalue weighted by atomic mass is 32.2. The Morgan fingerprint density at radius 2 is 1.77 bits per heavy atom. The predicted octanol–water partition coefficient (Wildman–Crippen LogP) is 4.25. The molecule has 30 heavy (non-hydrogen) atoms. The third-order valence-electron chi connectivity index (χ3n) is 5.45. The summed E-state index contributed by atoms with van der Waals surface area (Å²) in [5.74, 6) is -0.303. The fourth-order valence-corrected chi connectivity index (χ4v) is 5.35. The summed E-state index contributed by atoms with van der Waals surface area (Å²) in [5, 5.41) is 6.39. The van der Waals surface area contributed by atoms with Crippen LogP contribution in [-0.4, -0.2) is 37.5 Å². The van der Waals surface area contributed by atoms with E-state index in [0.717, 1.165) is 5.69 Å².